The number of aliphatic carboxylic acids is 1. The lowest BCUT2D eigenvalue weighted by Crippen LogP contribution is -2.15. The van der Waals surface area contributed by atoms with Gasteiger partial charge in [0.1, 0.15) is 17.4 Å². The van der Waals surface area contributed by atoms with E-state index in [9.17, 15) is 4.79 Å². The molecule has 1 atom stereocenters. The van der Waals surface area contributed by atoms with Gasteiger partial charge in [-0.1, -0.05) is 19.1 Å². The summed E-state index contributed by atoms with van der Waals surface area (Å²) < 4.78 is 1.31. The van der Waals surface area contributed by atoms with E-state index in [1.165, 1.54) is 4.68 Å². The Morgan fingerprint density at radius 1 is 1.42 bits per heavy atom. The van der Waals surface area contributed by atoms with Gasteiger partial charge in [-0.05, 0) is 25.3 Å². The summed E-state index contributed by atoms with van der Waals surface area (Å²) in [5, 5.41) is 23.8. The molecule has 7 heteroatoms. The van der Waals surface area contributed by atoms with Crippen LogP contribution in [0.1, 0.15) is 32.5 Å². The highest BCUT2D eigenvalue weighted by Crippen LogP contribution is 2.17. The second kappa shape index (κ2) is 5.21. The van der Waals surface area contributed by atoms with Crippen molar-refractivity contribution in [3.05, 3.63) is 18.0 Å². The summed E-state index contributed by atoms with van der Waals surface area (Å²) in [7, 11) is 0. The Morgan fingerprint density at radius 3 is 2.79 bits per heavy atom. The predicted octanol–water partition coefficient (Wildman–Crippen LogP) is 1.51. The average molecular weight is 263 g/mol. The molecule has 0 aliphatic heterocycles. The number of nitrogens with zero attached hydrogens (tertiary/aromatic N) is 4. The van der Waals surface area contributed by atoms with Crippen LogP contribution in [-0.2, 0) is 11.2 Å². The Balaban J connectivity index is 2.18. The van der Waals surface area contributed by atoms with Crippen LogP contribution in [0.2, 0.25) is 0 Å². The Morgan fingerprint density at radius 2 is 2.16 bits per heavy atom. The Bertz CT molecular complexity index is 572. The minimum atomic E-state index is -0.945. The van der Waals surface area contributed by atoms with Gasteiger partial charge in [-0.2, -0.15) is 5.10 Å². The van der Waals surface area contributed by atoms with Crippen LogP contribution < -0.4 is 0 Å². The van der Waals surface area contributed by atoms with Gasteiger partial charge in [0, 0.05) is 5.69 Å². The second-order valence-electron chi connectivity index (χ2n) is 4.97. The molecule has 7 nitrogen and oxygen atoms in total. The molecule has 2 aromatic heterocycles. The highest BCUT2D eigenvalue weighted by molar-refractivity contribution is 5.71. The van der Waals surface area contributed by atoms with Crippen molar-refractivity contribution in [3.63, 3.8) is 0 Å². The summed E-state index contributed by atoms with van der Waals surface area (Å²) in [6.45, 7) is 5.81. The molecule has 0 amide bonds. The summed E-state index contributed by atoms with van der Waals surface area (Å²) in [6.07, 6.45) is 2.50. The molecule has 2 heterocycles. The normalized spacial score (nSPS) is 12.8. The molecule has 0 aliphatic carbocycles. The minimum Gasteiger partial charge on any atom is -0.480 e. The van der Waals surface area contributed by atoms with E-state index >= 15 is 0 Å². The molecule has 19 heavy (non-hydrogen) atoms. The van der Waals surface area contributed by atoms with Crippen molar-refractivity contribution in [2.24, 2.45) is 5.92 Å². The van der Waals surface area contributed by atoms with Gasteiger partial charge in [0.15, 0.2) is 0 Å². The lowest BCUT2D eigenvalue weighted by atomic mass is 10.1. The van der Waals surface area contributed by atoms with Crippen LogP contribution in [-0.4, -0.2) is 36.3 Å². The van der Waals surface area contributed by atoms with Gasteiger partial charge in [0.25, 0.3) is 0 Å². The Hall–Kier alpha value is -2.18. The molecule has 0 aromatic carbocycles. The van der Waals surface area contributed by atoms with Crippen LogP contribution >= 0.6 is 0 Å². The van der Waals surface area contributed by atoms with Crippen LogP contribution in [0.3, 0.4) is 0 Å². The quantitative estimate of drug-likeness (QED) is 0.852. The number of rotatable bonds is 5. The molecule has 0 fully saturated rings. The molecule has 0 radical (unpaired) electrons. The minimum absolute atomic E-state index is 0.538. The van der Waals surface area contributed by atoms with Crippen LogP contribution in [0.4, 0.5) is 0 Å². The van der Waals surface area contributed by atoms with Gasteiger partial charge >= 0.3 is 5.97 Å². The zero-order chi connectivity index (χ0) is 14.0. The number of aromatic nitrogens is 5. The number of hydrogen-bond donors (Lipinski definition) is 2. The van der Waals surface area contributed by atoms with E-state index < -0.39 is 12.0 Å². The topological polar surface area (TPSA) is 96.7 Å². The van der Waals surface area contributed by atoms with Gasteiger partial charge < -0.3 is 5.11 Å². The SMILES string of the molecule is CC(C)Cc1cc(-c2cn([C@H](C)C(=O)O)nn2)n[nH]1. The summed E-state index contributed by atoms with van der Waals surface area (Å²) in [5.41, 5.74) is 2.28. The Kier molecular flexibility index (Phi) is 3.64. The van der Waals surface area contributed by atoms with Crippen molar-refractivity contribution in [1.82, 2.24) is 25.2 Å². The maximum atomic E-state index is 10.9. The summed E-state index contributed by atoms with van der Waals surface area (Å²) in [6, 6.07) is 1.18. The lowest BCUT2D eigenvalue weighted by Gasteiger charge is -2.03. The highest BCUT2D eigenvalue weighted by atomic mass is 16.4. The van der Waals surface area contributed by atoms with E-state index in [4.69, 9.17) is 5.11 Å². The van der Waals surface area contributed by atoms with E-state index in [1.54, 1.807) is 13.1 Å². The fourth-order valence-electron chi connectivity index (χ4n) is 1.73. The first kappa shape index (κ1) is 13.3. The van der Waals surface area contributed by atoms with Crippen molar-refractivity contribution in [2.75, 3.05) is 0 Å². The summed E-state index contributed by atoms with van der Waals surface area (Å²) in [4.78, 5) is 10.9. The molecule has 0 spiro atoms. The Labute approximate surface area is 110 Å². The van der Waals surface area contributed by atoms with Gasteiger partial charge in [0.2, 0.25) is 0 Å². The largest absolute Gasteiger partial charge is 0.480 e. The molecule has 0 saturated carbocycles. The maximum absolute atomic E-state index is 10.9. The first-order valence-corrected chi connectivity index (χ1v) is 6.16. The van der Waals surface area contributed by atoms with Crippen molar-refractivity contribution in [2.45, 2.75) is 33.2 Å². The molecular weight excluding hydrogens is 246 g/mol. The molecular formula is C12H17N5O2. The number of carboxylic acid groups (broad SMARTS) is 1. The standard InChI is InChI=1S/C12H17N5O2/c1-7(2)4-9-5-10(14-13-9)11-6-17(16-15-11)8(3)12(18)19/h5-8H,4H2,1-3H3,(H,13,14)(H,18,19)/t8-/m1/s1. The number of nitrogens with one attached hydrogen (secondary N) is 1. The van der Waals surface area contributed by atoms with E-state index in [0.717, 1.165) is 12.1 Å². The zero-order valence-electron chi connectivity index (χ0n) is 11.2. The van der Waals surface area contributed by atoms with E-state index in [-0.39, 0.29) is 0 Å². The second-order valence-corrected chi connectivity index (χ2v) is 4.97. The number of hydrogen-bond acceptors (Lipinski definition) is 4. The predicted molar refractivity (Wildman–Crippen MR) is 68.5 cm³/mol. The number of carbonyl (C=O) groups is 1. The first-order chi connectivity index (χ1) is 8.97. The fourth-order valence-corrected chi connectivity index (χ4v) is 1.73. The lowest BCUT2D eigenvalue weighted by molar-refractivity contribution is -0.140. The fraction of sp³-hybridized carbons (Fsp3) is 0.500. The van der Waals surface area contributed by atoms with Crippen LogP contribution in [0, 0.1) is 5.92 Å². The van der Waals surface area contributed by atoms with Crippen molar-refractivity contribution < 1.29 is 9.90 Å². The number of carboxylic acids is 1. The van der Waals surface area contributed by atoms with E-state index in [0.29, 0.717) is 17.3 Å². The van der Waals surface area contributed by atoms with E-state index in [2.05, 4.69) is 34.4 Å². The summed E-state index contributed by atoms with van der Waals surface area (Å²) in [5.74, 6) is -0.407. The molecule has 0 aliphatic rings. The maximum Gasteiger partial charge on any atom is 0.328 e. The molecule has 0 saturated heterocycles. The molecule has 0 unspecified atom stereocenters. The summed E-state index contributed by atoms with van der Waals surface area (Å²) >= 11 is 0. The smallest absolute Gasteiger partial charge is 0.328 e. The average Bonchev–Trinajstić information content (AvgIpc) is 2.94. The zero-order valence-corrected chi connectivity index (χ0v) is 11.2. The van der Waals surface area contributed by atoms with Crippen LogP contribution in [0.15, 0.2) is 12.3 Å². The van der Waals surface area contributed by atoms with Crippen LogP contribution in [0.25, 0.3) is 11.4 Å². The number of H-pyrrole nitrogens is 1. The first-order valence-electron chi connectivity index (χ1n) is 6.16. The van der Waals surface area contributed by atoms with Crippen molar-refractivity contribution in [3.8, 4) is 11.4 Å². The molecule has 2 rings (SSSR count). The molecule has 2 N–H and O–H groups in total. The van der Waals surface area contributed by atoms with Gasteiger partial charge in [0.05, 0.1) is 6.20 Å². The molecule has 0 bridgehead atoms. The molecule has 102 valence electrons. The van der Waals surface area contributed by atoms with E-state index in [1.807, 2.05) is 6.07 Å². The monoisotopic (exact) mass is 263 g/mol. The van der Waals surface area contributed by atoms with Crippen molar-refractivity contribution >= 4 is 5.97 Å². The molecule has 2 aromatic rings. The third kappa shape index (κ3) is 2.98. The van der Waals surface area contributed by atoms with Crippen molar-refractivity contribution in [1.29, 1.82) is 0 Å². The third-order valence-electron chi connectivity index (χ3n) is 2.79. The number of aromatic amines is 1. The van der Waals surface area contributed by atoms with Crippen LogP contribution in [0.5, 0.6) is 0 Å². The highest BCUT2D eigenvalue weighted by Gasteiger charge is 2.16. The van der Waals surface area contributed by atoms with Gasteiger partial charge in [-0.3, -0.25) is 5.10 Å². The van der Waals surface area contributed by atoms with Gasteiger partial charge in [-0.25, -0.2) is 9.48 Å². The van der Waals surface area contributed by atoms with Gasteiger partial charge in [-0.15, -0.1) is 5.10 Å². The third-order valence-corrected chi connectivity index (χ3v) is 2.79.